The highest BCUT2D eigenvalue weighted by molar-refractivity contribution is 9.10. The first-order chi connectivity index (χ1) is 18.5. The van der Waals surface area contributed by atoms with Gasteiger partial charge in [-0.2, -0.15) is 5.10 Å². The molecule has 5 rings (SSSR count). The Morgan fingerprint density at radius 3 is 2.66 bits per heavy atom. The summed E-state index contributed by atoms with van der Waals surface area (Å²) in [5, 5.41) is 5.47. The molecule has 2 N–H and O–H groups in total. The van der Waals surface area contributed by atoms with Crippen molar-refractivity contribution >= 4 is 56.5 Å². The summed E-state index contributed by atoms with van der Waals surface area (Å²) in [7, 11) is 1.45. The van der Waals surface area contributed by atoms with Crippen molar-refractivity contribution in [3.05, 3.63) is 106 Å². The Labute approximate surface area is 230 Å². The molecule has 38 heavy (non-hydrogen) atoms. The highest BCUT2D eigenvalue weighted by Gasteiger charge is 2.22. The van der Waals surface area contributed by atoms with Gasteiger partial charge in [-0.1, -0.05) is 41.9 Å². The van der Waals surface area contributed by atoms with Crippen LogP contribution in [-0.2, 0) is 0 Å². The fraction of sp³-hybridized carbons (Fsp3) is 0.0357. The van der Waals surface area contributed by atoms with E-state index in [1.165, 1.54) is 25.7 Å². The van der Waals surface area contributed by atoms with Crippen LogP contribution in [0.15, 0.2) is 93.1 Å². The third-order valence-corrected chi connectivity index (χ3v) is 6.64. The summed E-state index contributed by atoms with van der Waals surface area (Å²) in [4.78, 5) is 28.6. The molecule has 0 bridgehead atoms. The van der Waals surface area contributed by atoms with Gasteiger partial charge in [-0.3, -0.25) is 4.79 Å². The number of benzene rings is 3. The summed E-state index contributed by atoms with van der Waals surface area (Å²) in [6, 6.07) is 21.0. The predicted octanol–water partition coefficient (Wildman–Crippen LogP) is 6.84. The Balaban J connectivity index is 1.39. The lowest BCUT2D eigenvalue weighted by atomic mass is 10.0. The molecule has 0 aliphatic rings. The van der Waals surface area contributed by atoms with Crippen molar-refractivity contribution in [3.63, 3.8) is 0 Å². The average molecular weight is 593 g/mol. The topological polar surface area (TPSA) is 106 Å². The highest BCUT2D eigenvalue weighted by atomic mass is 79.9. The number of nitrogens with zero attached hydrogens (tertiary/aromatic N) is 1. The summed E-state index contributed by atoms with van der Waals surface area (Å²) in [5.41, 5.74) is 5.63. The Kier molecular flexibility index (Phi) is 7.30. The van der Waals surface area contributed by atoms with Crippen LogP contribution in [0, 0.1) is 0 Å². The number of halogens is 2. The maximum absolute atomic E-state index is 13.2. The zero-order chi connectivity index (χ0) is 26.6. The number of fused-ring (bicyclic) bond motifs is 1. The SMILES string of the molecule is COc1cc(C=NNC(=O)c2[nH]c3c(Br)cccc3c2-c2ccccc2Cl)ccc1OC(=O)c1ccco1. The lowest BCUT2D eigenvalue weighted by Gasteiger charge is -2.09. The Bertz CT molecular complexity index is 1680. The van der Waals surface area contributed by atoms with E-state index in [0.717, 1.165) is 20.9 Å². The van der Waals surface area contributed by atoms with Gasteiger partial charge >= 0.3 is 5.97 Å². The van der Waals surface area contributed by atoms with E-state index < -0.39 is 11.9 Å². The van der Waals surface area contributed by atoms with Crippen LogP contribution in [0.2, 0.25) is 5.02 Å². The van der Waals surface area contributed by atoms with Gasteiger partial charge in [0.15, 0.2) is 11.5 Å². The molecule has 0 spiro atoms. The maximum atomic E-state index is 13.2. The quantitative estimate of drug-likeness (QED) is 0.0932. The lowest BCUT2D eigenvalue weighted by Crippen LogP contribution is -2.19. The highest BCUT2D eigenvalue weighted by Crippen LogP contribution is 2.38. The van der Waals surface area contributed by atoms with Gasteiger partial charge in [-0.15, -0.1) is 0 Å². The van der Waals surface area contributed by atoms with Gasteiger partial charge in [0, 0.05) is 26.0 Å². The number of hydrogen-bond acceptors (Lipinski definition) is 6. The van der Waals surface area contributed by atoms with Crippen molar-refractivity contribution in [2.24, 2.45) is 5.10 Å². The van der Waals surface area contributed by atoms with Gasteiger partial charge in [-0.25, -0.2) is 10.2 Å². The zero-order valence-corrected chi connectivity index (χ0v) is 22.2. The van der Waals surface area contributed by atoms with Crippen LogP contribution in [-0.4, -0.2) is 30.2 Å². The molecule has 10 heteroatoms. The number of para-hydroxylation sites is 1. The molecule has 0 saturated carbocycles. The van der Waals surface area contributed by atoms with E-state index in [0.29, 0.717) is 27.6 Å². The molecular formula is C28H19BrClN3O5. The molecule has 1 amide bonds. The fourth-order valence-electron chi connectivity index (χ4n) is 3.91. The minimum atomic E-state index is -0.652. The first kappa shape index (κ1) is 25.3. The number of nitrogens with one attached hydrogen (secondary N) is 2. The van der Waals surface area contributed by atoms with Gasteiger partial charge in [0.05, 0.1) is 25.1 Å². The second kappa shape index (κ2) is 11.0. The first-order valence-electron chi connectivity index (χ1n) is 11.3. The van der Waals surface area contributed by atoms with Crippen LogP contribution in [0.25, 0.3) is 22.0 Å². The van der Waals surface area contributed by atoms with E-state index in [2.05, 4.69) is 31.4 Å². The third kappa shape index (κ3) is 5.06. The van der Waals surface area contributed by atoms with Crippen LogP contribution in [0.4, 0.5) is 0 Å². The molecule has 0 saturated heterocycles. The van der Waals surface area contributed by atoms with Crippen LogP contribution >= 0.6 is 27.5 Å². The molecule has 5 aromatic rings. The number of furan rings is 1. The predicted molar refractivity (Wildman–Crippen MR) is 148 cm³/mol. The van der Waals surface area contributed by atoms with E-state index in [4.69, 9.17) is 25.5 Å². The molecule has 0 atom stereocenters. The second-order valence-electron chi connectivity index (χ2n) is 7.99. The molecule has 0 aliphatic heterocycles. The number of methoxy groups -OCH3 is 1. The fourth-order valence-corrected chi connectivity index (χ4v) is 4.61. The Morgan fingerprint density at radius 2 is 1.89 bits per heavy atom. The van der Waals surface area contributed by atoms with Crippen molar-refractivity contribution in [2.45, 2.75) is 0 Å². The number of aromatic nitrogens is 1. The van der Waals surface area contributed by atoms with Crippen molar-refractivity contribution in [1.82, 2.24) is 10.4 Å². The van der Waals surface area contributed by atoms with Gasteiger partial charge in [0.25, 0.3) is 5.91 Å². The number of ether oxygens (including phenoxy) is 2. The number of hydrogen-bond donors (Lipinski definition) is 2. The zero-order valence-electron chi connectivity index (χ0n) is 19.8. The van der Waals surface area contributed by atoms with Gasteiger partial charge in [0.2, 0.25) is 5.76 Å². The third-order valence-electron chi connectivity index (χ3n) is 5.65. The first-order valence-corrected chi connectivity index (χ1v) is 12.5. The van der Waals surface area contributed by atoms with Crippen molar-refractivity contribution < 1.29 is 23.5 Å². The number of hydrazone groups is 1. The van der Waals surface area contributed by atoms with Crippen molar-refractivity contribution in [3.8, 4) is 22.6 Å². The number of esters is 1. The molecule has 190 valence electrons. The van der Waals surface area contributed by atoms with Gasteiger partial charge in [0.1, 0.15) is 5.69 Å². The normalized spacial score (nSPS) is 11.1. The minimum Gasteiger partial charge on any atom is -0.493 e. The number of carbonyl (C=O) groups is 2. The van der Waals surface area contributed by atoms with E-state index in [9.17, 15) is 9.59 Å². The molecule has 2 heterocycles. The monoisotopic (exact) mass is 591 g/mol. The van der Waals surface area contributed by atoms with Crippen molar-refractivity contribution in [1.29, 1.82) is 0 Å². The van der Waals surface area contributed by atoms with Crippen molar-refractivity contribution in [2.75, 3.05) is 7.11 Å². The number of rotatable bonds is 7. The Hall–Kier alpha value is -4.34. The van der Waals surface area contributed by atoms with E-state index in [1.807, 2.05) is 36.4 Å². The maximum Gasteiger partial charge on any atom is 0.379 e. The molecule has 8 nitrogen and oxygen atoms in total. The molecule has 2 aromatic heterocycles. The molecule has 0 radical (unpaired) electrons. The largest absolute Gasteiger partial charge is 0.493 e. The molecule has 0 aliphatic carbocycles. The standard InChI is InChI=1S/C28H19BrClN3O5/c1-36-23-14-16(11-12-21(23)38-28(35)22-10-5-13-37-22)15-31-33-27(34)26-24(17-6-2-3-9-20(17)30)18-7-4-8-19(29)25(18)32-26/h2-15,32H,1H3,(H,33,34). The number of amides is 1. The minimum absolute atomic E-state index is 0.0700. The second-order valence-corrected chi connectivity index (χ2v) is 9.26. The summed E-state index contributed by atoms with van der Waals surface area (Å²) in [5.74, 6) is -0.512. The number of carbonyl (C=O) groups excluding carboxylic acids is 2. The van der Waals surface area contributed by atoms with Crippen LogP contribution < -0.4 is 14.9 Å². The summed E-state index contributed by atoms with van der Waals surface area (Å²) in [6.07, 6.45) is 2.83. The van der Waals surface area contributed by atoms with Crippen LogP contribution in [0.5, 0.6) is 11.5 Å². The van der Waals surface area contributed by atoms with Crippen LogP contribution in [0.3, 0.4) is 0 Å². The smallest absolute Gasteiger partial charge is 0.379 e. The number of H-pyrrole nitrogens is 1. The van der Waals surface area contributed by atoms with E-state index in [1.54, 1.807) is 30.3 Å². The Morgan fingerprint density at radius 1 is 1.05 bits per heavy atom. The molecule has 3 aromatic carbocycles. The lowest BCUT2D eigenvalue weighted by molar-refractivity contribution is 0.0696. The molecular weight excluding hydrogens is 574 g/mol. The summed E-state index contributed by atoms with van der Waals surface area (Å²) in [6.45, 7) is 0. The van der Waals surface area contributed by atoms with E-state index in [-0.39, 0.29) is 11.5 Å². The molecule has 0 unspecified atom stereocenters. The average Bonchev–Trinajstić information content (AvgIpc) is 3.59. The summed E-state index contributed by atoms with van der Waals surface area (Å²) < 4.78 is 16.6. The molecule has 0 fully saturated rings. The van der Waals surface area contributed by atoms with Gasteiger partial charge in [-0.05, 0) is 64.0 Å². The van der Waals surface area contributed by atoms with Crippen LogP contribution in [0.1, 0.15) is 26.6 Å². The summed E-state index contributed by atoms with van der Waals surface area (Å²) >= 11 is 10.0. The number of aromatic amines is 1. The van der Waals surface area contributed by atoms with Gasteiger partial charge < -0.3 is 18.9 Å². The van der Waals surface area contributed by atoms with E-state index >= 15 is 0 Å².